The van der Waals surface area contributed by atoms with Crippen molar-refractivity contribution in [2.45, 2.75) is 20.8 Å². The largest absolute Gasteiger partial charge is 0.485 e. The van der Waals surface area contributed by atoms with Crippen molar-refractivity contribution >= 4 is 17.4 Å². The summed E-state index contributed by atoms with van der Waals surface area (Å²) in [5, 5.41) is 0.662. The average Bonchev–Trinajstić information content (AvgIpc) is 2.40. The molecule has 20 heavy (non-hydrogen) atoms. The van der Waals surface area contributed by atoms with Crippen LogP contribution in [0, 0.1) is 20.8 Å². The van der Waals surface area contributed by atoms with Gasteiger partial charge in [0.15, 0.2) is 12.4 Å². The first kappa shape index (κ1) is 14.6. The average molecular weight is 289 g/mol. The van der Waals surface area contributed by atoms with Gasteiger partial charge in [0.25, 0.3) is 0 Å². The van der Waals surface area contributed by atoms with Crippen LogP contribution in [-0.4, -0.2) is 12.4 Å². The lowest BCUT2D eigenvalue weighted by Gasteiger charge is -2.09. The summed E-state index contributed by atoms with van der Waals surface area (Å²) in [6.07, 6.45) is 0. The third kappa shape index (κ3) is 3.40. The molecule has 104 valence electrons. The fourth-order valence-corrected chi connectivity index (χ4v) is 2.14. The molecule has 0 bridgehead atoms. The van der Waals surface area contributed by atoms with E-state index in [2.05, 4.69) is 0 Å². The summed E-state index contributed by atoms with van der Waals surface area (Å²) in [6, 6.07) is 11.0. The smallest absolute Gasteiger partial charge is 0.200 e. The van der Waals surface area contributed by atoms with Gasteiger partial charge in [-0.25, -0.2) is 0 Å². The maximum absolute atomic E-state index is 12.1. The van der Waals surface area contributed by atoms with Crippen LogP contribution >= 0.6 is 11.6 Å². The summed E-state index contributed by atoms with van der Waals surface area (Å²) in [7, 11) is 0. The third-order valence-electron chi connectivity index (χ3n) is 3.32. The van der Waals surface area contributed by atoms with E-state index in [1.54, 1.807) is 12.1 Å². The second kappa shape index (κ2) is 6.10. The van der Waals surface area contributed by atoms with Crippen molar-refractivity contribution in [1.29, 1.82) is 0 Å². The lowest BCUT2D eigenvalue weighted by atomic mass is 10.0. The molecule has 0 radical (unpaired) electrons. The molecule has 0 amide bonds. The van der Waals surface area contributed by atoms with Crippen molar-refractivity contribution in [3.8, 4) is 5.75 Å². The SMILES string of the molecule is Cc1ccc(C(=O)COc2ccc(Cl)cc2C)cc1C. The molecule has 2 rings (SSSR count). The fraction of sp³-hybridized carbons (Fsp3) is 0.235. The number of hydrogen-bond donors (Lipinski definition) is 0. The van der Waals surface area contributed by atoms with Crippen molar-refractivity contribution < 1.29 is 9.53 Å². The molecule has 0 spiro atoms. The van der Waals surface area contributed by atoms with Gasteiger partial charge in [0.05, 0.1) is 0 Å². The number of hydrogen-bond acceptors (Lipinski definition) is 2. The Morgan fingerprint density at radius 3 is 2.40 bits per heavy atom. The van der Waals surface area contributed by atoms with Crippen molar-refractivity contribution in [3.63, 3.8) is 0 Å². The van der Waals surface area contributed by atoms with Gasteiger partial charge >= 0.3 is 0 Å². The molecule has 0 aromatic heterocycles. The molecule has 2 aromatic rings. The highest BCUT2D eigenvalue weighted by atomic mass is 35.5. The van der Waals surface area contributed by atoms with E-state index in [1.807, 2.05) is 45.0 Å². The van der Waals surface area contributed by atoms with E-state index < -0.39 is 0 Å². The van der Waals surface area contributed by atoms with Crippen LogP contribution in [0.1, 0.15) is 27.0 Å². The molecule has 0 N–H and O–H groups in total. The van der Waals surface area contributed by atoms with Crippen LogP contribution in [0.4, 0.5) is 0 Å². The van der Waals surface area contributed by atoms with E-state index in [0.717, 1.165) is 11.1 Å². The van der Waals surface area contributed by atoms with E-state index in [0.29, 0.717) is 16.3 Å². The van der Waals surface area contributed by atoms with Crippen molar-refractivity contribution in [3.05, 3.63) is 63.7 Å². The van der Waals surface area contributed by atoms with Crippen LogP contribution in [0.15, 0.2) is 36.4 Å². The van der Waals surface area contributed by atoms with Crippen LogP contribution in [0.25, 0.3) is 0 Å². The van der Waals surface area contributed by atoms with Gasteiger partial charge in [0.1, 0.15) is 5.75 Å². The van der Waals surface area contributed by atoms with Gasteiger partial charge in [0.2, 0.25) is 0 Å². The van der Waals surface area contributed by atoms with Crippen molar-refractivity contribution in [1.82, 2.24) is 0 Å². The van der Waals surface area contributed by atoms with Gasteiger partial charge < -0.3 is 4.74 Å². The number of ketones is 1. The molecule has 0 aliphatic carbocycles. The molecule has 0 heterocycles. The van der Waals surface area contributed by atoms with Crippen LogP contribution in [0.3, 0.4) is 0 Å². The highest BCUT2D eigenvalue weighted by Crippen LogP contribution is 2.22. The van der Waals surface area contributed by atoms with Crippen LogP contribution in [0.5, 0.6) is 5.75 Å². The minimum atomic E-state index is -0.0255. The number of rotatable bonds is 4. The number of carbonyl (C=O) groups is 1. The first-order chi connectivity index (χ1) is 9.47. The summed E-state index contributed by atoms with van der Waals surface area (Å²) in [5.41, 5.74) is 3.89. The van der Waals surface area contributed by atoms with Crippen molar-refractivity contribution in [2.24, 2.45) is 0 Å². The fourth-order valence-electron chi connectivity index (χ4n) is 1.92. The van der Waals surface area contributed by atoms with Gasteiger partial charge in [-0.05, 0) is 61.7 Å². The zero-order valence-electron chi connectivity index (χ0n) is 11.9. The topological polar surface area (TPSA) is 26.3 Å². The highest BCUT2D eigenvalue weighted by molar-refractivity contribution is 6.30. The van der Waals surface area contributed by atoms with Crippen LogP contribution in [-0.2, 0) is 0 Å². The normalized spacial score (nSPS) is 10.4. The Hall–Kier alpha value is -1.80. The molecular weight excluding hydrogens is 272 g/mol. The van der Waals surface area contributed by atoms with Crippen molar-refractivity contribution in [2.75, 3.05) is 6.61 Å². The number of benzene rings is 2. The molecule has 0 saturated carbocycles. The van der Waals surface area contributed by atoms with E-state index in [9.17, 15) is 4.79 Å². The van der Waals surface area contributed by atoms with Gasteiger partial charge in [-0.2, -0.15) is 0 Å². The lowest BCUT2D eigenvalue weighted by Crippen LogP contribution is -2.12. The Morgan fingerprint density at radius 1 is 1.00 bits per heavy atom. The molecule has 3 heteroatoms. The lowest BCUT2D eigenvalue weighted by molar-refractivity contribution is 0.0921. The molecule has 0 fully saturated rings. The Balaban J connectivity index is 2.06. The zero-order chi connectivity index (χ0) is 14.7. The number of aryl methyl sites for hydroxylation is 3. The van der Waals surface area contributed by atoms with Crippen LogP contribution in [0.2, 0.25) is 5.02 Å². The van der Waals surface area contributed by atoms with E-state index in [-0.39, 0.29) is 12.4 Å². The van der Waals surface area contributed by atoms with Gasteiger partial charge in [-0.15, -0.1) is 0 Å². The Labute approximate surface area is 124 Å². The molecular formula is C17H17ClO2. The number of ether oxygens (including phenoxy) is 1. The van der Waals surface area contributed by atoms with Gasteiger partial charge in [-0.1, -0.05) is 23.7 Å². The number of carbonyl (C=O) groups excluding carboxylic acids is 1. The molecule has 0 atom stereocenters. The van der Waals surface area contributed by atoms with E-state index in [1.165, 1.54) is 5.56 Å². The summed E-state index contributed by atoms with van der Waals surface area (Å²) in [4.78, 5) is 12.1. The second-order valence-corrected chi connectivity index (χ2v) is 5.36. The summed E-state index contributed by atoms with van der Waals surface area (Å²) in [6.45, 7) is 5.96. The monoisotopic (exact) mass is 288 g/mol. The highest BCUT2D eigenvalue weighted by Gasteiger charge is 2.09. The third-order valence-corrected chi connectivity index (χ3v) is 3.56. The molecule has 2 nitrogen and oxygen atoms in total. The molecule has 0 saturated heterocycles. The molecule has 0 aliphatic heterocycles. The first-order valence-electron chi connectivity index (χ1n) is 6.47. The predicted octanol–water partition coefficient (Wildman–Crippen LogP) is 4.53. The summed E-state index contributed by atoms with van der Waals surface area (Å²) >= 11 is 5.89. The predicted molar refractivity (Wildman–Crippen MR) is 81.9 cm³/mol. The maximum atomic E-state index is 12.1. The molecule has 2 aromatic carbocycles. The first-order valence-corrected chi connectivity index (χ1v) is 6.84. The Morgan fingerprint density at radius 2 is 1.75 bits per heavy atom. The standard InChI is InChI=1S/C17H17ClO2/c1-11-4-5-14(8-12(11)2)16(19)10-20-17-7-6-15(18)9-13(17)3/h4-9H,10H2,1-3H3. The van der Waals surface area contributed by atoms with E-state index in [4.69, 9.17) is 16.3 Å². The minimum Gasteiger partial charge on any atom is -0.485 e. The minimum absolute atomic E-state index is 0.0255. The number of halogens is 1. The van der Waals surface area contributed by atoms with Gasteiger partial charge in [-0.3, -0.25) is 4.79 Å². The summed E-state index contributed by atoms with van der Waals surface area (Å²) < 4.78 is 5.57. The number of Topliss-reactive ketones (excluding diaryl/α,β-unsaturated/α-hetero) is 1. The van der Waals surface area contributed by atoms with Crippen LogP contribution < -0.4 is 4.74 Å². The van der Waals surface area contributed by atoms with E-state index >= 15 is 0 Å². The quantitative estimate of drug-likeness (QED) is 0.773. The Kier molecular flexibility index (Phi) is 4.46. The maximum Gasteiger partial charge on any atom is 0.200 e. The molecule has 0 unspecified atom stereocenters. The second-order valence-electron chi connectivity index (χ2n) is 4.92. The molecule has 0 aliphatic rings. The summed E-state index contributed by atoms with van der Waals surface area (Å²) in [5.74, 6) is 0.661. The van der Waals surface area contributed by atoms with Gasteiger partial charge in [0, 0.05) is 10.6 Å². The Bertz CT molecular complexity index is 647. The zero-order valence-corrected chi connectivity index (χ0v) is 12.6.